The second kappa shape index (κ2) is 3.69. The summed E-state index contributed by atoms with van der Waals surface area (Å²) in [5, 5.41) is 2.68. The number of benzene rings is 2. The minimum absolute atomic E-state index is 0. The standard InChI is InChI=1S/C11H10.H3P/c1-9-5-4-7-10-6-2-3-8-11(9)10;/h2-8H,1H3;1H3. The SMILES string of the molecule is Cc1cccc2ccccc12.P. The Hall–Kier alpha value is -0.870. The number of hydrogen-bond acceptors (Lipinski definition) is 0. The van der Waals surface area contributed by atoms with Crippen LogP contribution >= 0.6 is 9.90 Å². The van der Waals surface area contributed by atoms with Crippen LogP contribution in [0.3, 0.4) is 0 Å². The van der Waals surface area contributed by atoms with Gasteiger partial charge in [-0.05, 0) is 23.3 Å². The van der Waals surface area contributed by atoms with Crippen LogP contribution in [0.15, 0.2) is 42.5 Å². The van der Waals surface area contributed by atoms with Crippen LogP contribution in [-0.2, 0) is 0 Å². The Labute approximate surface area is 76.2 Å². The van der Waals surface area contributed by atoms with E-state index in [9.17, 15) is 0 Å². The number of hydrogen-bond donors (Lipinski definition) is 0. The maximum atomic E-state index is 2.16. The largest absolute Gasteiger partial charge is 0.153 e. The van der Waals surface area contributed by atoms with Crippen molar-refractivity contribution in [2.24, 2.45) is 0 Å². The number of fused-ring (bicyclic) bond motifs is 1. The molecule has 1 atom stereocenters. The molecular weight excluding hydrogens is 163 g/mol. The van der Waals surface area contributed by atoms with Gasteiger partial charge in [-0.3, -0.25) is 0 Å². The van der Waals surface area contributed by atoms with Gasteiger partial charge in [0.15, 0.2) is 0 Å². The molecule has 1 unspecified atom stereocenters. The van der Waals surface area contributed by atoms with Crippen LogP contribution in [-0.4, -0.2) is 0 Å². The molecule has 0 aliphatic heterocycles. The van der Waals surface area contributed by atoms with Crippen LogP contribution < -0.4 is 0 Å². The van der Waals surface area contributed by atoms with Crippen molar-refractivity contribution in [3.63, 3.8) is 0 Å². The Balaban J connectivity index is 0.000000720. The molecule has 0 fully saturated rings. The fourth-order valence-electron chi connectivity index (χ4n) is 1.39. The normalized spacial score (nSPS) is 9.42. The van der Waals surface area contributed by atoms with E-state index in [0.717, 1.165) is 0 Å². The summed E-state index contributed by atoms with van der Waals surface area (Å²) in [6.45, 7) is 2.14. The predicted molar refractivity (Wildman–Crippen MR) is 59.8 cm³/mol. The Morgan fingerprint density at radius 3 is 2.25 bits per heavy atom. The predicted octanol–water partition coefficient (Wildman–Crippen LogP) is 3.21. The van der Waals surface area contributed by atoms with Crippen molar-refractivity contribution in [1.29, 1.82) is 0 Å². The van der Waals surface area contributed by atoms with Gasteiger partial charge in [0.2, 0.25) is 0 Å². The summed E-state index contributed by atoms with van der Waals surface area (Å²) in [5.41, 5.74) is 1.35. The maximum absolute atomic E-state index is 2.16. The van der Waals surface area contributed by atoms with Gasteiger partial charge >= 0.3 is 0 Å². The molecule has 0 nitrogen and oxygen atoms in total. The quantitative estimate of drug-likeness (QED) is 0.541. The van der Waals surface area contributed by atoms with E-state index in [1.807, 2.05) is 0 Å². The molecule has 2 rings (SSSR count). The third-order valence-corrected chi connectivity index (χ3v) is 2.01. The summed E-state index contributed by atoms with van der Waals surface area (Å²) in [6, 6.07) is 14.8. The molecule has 0 bridgehead atoms. The molecule has 0 aliphatic carbocycles. The van der Waals surface area contributed by atoms with Crippen LogP contribution in [0.1, 0.15) is 5.56 Å². The molecule has 0 spiro atoms. The zero-order valence-electron chi connectivity index (χ0n) is 7.25. The van der Waals surface area contributed by atoms with Gasteiger partial charge < -0.3 is 0 Å². The zero-order chi connectivity index (χ0) is 7.68. The highest BCUT2D eigenvalue weighted by Gasteiger charge is 1.91. The molecule has 12 heavy (non-hydrogen) atoms. The smallest absolute Gasteiger partial charge is 0.0155 e. The van der Waals surface area contributed by atoms with E-state index in [-0.39, 0.29) is 9.90 Å². The van der Waals surface area contributed by atoms with Gasteiger partial charge in [-0.2, -0.15) is 9.90 Å². The molecule has 0 aromatic heterocycles. The Morgan fingerprint density at radius 1 is 0.833 bits per heavy atom. The Kier molecular flexibility index (Phi) is 2.83. The first-order valence-electron chi connectivity index (χ1n) is 3.82. The lowest BCUT2D eigenvalue weighted by Gasteiger charge is -1.98. The summed E-state index contributed by atoms with van der Waals surface area (Å²) in [7, 11) is 0. The first-order chi connectivity index (χ1) is 5.38. The third kappa shape index (κ3) is 1.49. The van der Waals surface area contributed by atoms with Crippen LogP contribution in [0.2, 0.25) is 0 Å². The minimum atomic E-state index is 0. The highest BCUT2D eigenvalue weighted by atomic mass is 31.0. The van der Waals surface area contributed by atoms with Gasteiger partial charge in [-0.15, -0.1) is 0 Å². The van der Waals surface area contributed by atoms with E-state index >= 15 is 0 Å². The molecule has 0 amide bonds. The molecule has 0 saturated heterocycles. The number of rotatable bonds is 0. The van der Waals surface area contributed by atoms with E-state index in [4.69, 9.17) is 0 Å². The van der Waals surface area contributed by atoms with Crippen molar-refractivity contribution in [3.8, 4) is 0 Å². The molecule has 0 aliphatic rings. The van der Waals surface area contributed by atoms with E-state index in [1.54, 1.807) is 0 Å². The lowest BCUT2D eigenvalue weighted by molar-refractivity contribution is 1.53. The molecule has 0 N–H and O–H groups in total. The second-order valence-electron chi connectivity index (χ2n) is 2.80. The first-order valence-corrected chi connectivity index (χ1v) is 3.82. The van der Waals surface area contributed by atoms with E-state index in [2.05, 4.69) is 49.4 Å². The highest BCUT2D eigenvalue weighted by Crippen LogP contribution is 2.16. The molecule has 2 aromatic rings. The molecule has 62 valence electrons. The fraction of sp³-hybridized carbons (Fsp3) is 0.0909. The van der Waals surface area contributed by atoms with Gasteiger partial charge in [0.25, 0.3) is 0 Å². The van der Waals surface area contributed by atoms with E-state index in [1.165, 1.54) is 16.3 Å². The first kappa shape index (κ1) is 9.22. The van der Waals surface area contributed by atoms with Crippen molar-refractivity contribution in [2.45, 2.75) is 6.92 Å². The van der Waals surface area contributed by atoms with Gasteiger partial charge in [0, 0.05) is 0 Å². The van der Waals surface area contributed by atoms with Crippen LogP contribution in [0, 0.1) is 6.92 Å². The molecular formula is C11H13P. The monoisotopic (exact) mass is 176 g/mol. The van der Waals surface area contributed by atoms with E-state index < -0.39 is 0 Å². The average molecular weight is 176 g/mol. The Morgan fingerprint density at radius 2 is 1.50 bits per heavy atom. The van der Waals surface area contributed by atoms with Crippen molar-refractivity contribution < 1.29 is 0 Å². The molecule has 0 heterocycles. The lowest BCUT2D eigenvalue weighted by atomic mass is 10.1. The molecule has 1 heteroatoms. The van der Waals surface area contributed by atoms with Gasteiger partial charge in [0.05, 0.1) is 0 Å². The fourth-order valence-corrected chi connectivity index (χ4v) is 1.39. The van der Waals surface area contributed by atoms with Gasteiger partial charge in [0.1, 0.15) is 0 Å². The minimum Gasteiger partial charge on any atom is -0.153 e. The van der Waals surface area contributed by atoms with Crippen molar-refractivity contribution >= 4 is 20.7 Å². The zero-order valence-corrected chi connectivity index (χ0v) is 8.66. The highest BCUT2D eigenvalue weighted by molar-refractivity contribution is 6.92. The summed E-state index contributed by atoms with van der Waals surface area (Å²) in [6.07, 6.45) is 0. The van der Waals surface area contributed by atoms with Crippen molar-refractivity contribution in [3.05, 3.63) is 48.0 Å². The van der Waals surface area contributed by atoms with Crippen LogP contribution in [0.5, 0.6) is 0 Å². The summed E-state index contributed by atoms with van der Waals surface area (Å²) in [5.74, 6) is 0. The van der Waals surface area contributed by atoms with Crippen molar-refractivity contribution in [1.82, 2.24) is 0 Å². The third-order valence-electron chi connectivity index (χ3n) is 2.01. The van der Waals surface area contributed by atoms with Crippen LogP contribution in [0.4, 0.5) is 0 Å². The average Bonchev–Trinajstić information content (AvgIpc) is 2.06. The molecule has 0 saturated carbocycles. The van der Waals surface area contributed by atoms with Crippen molar-refractivity contribution in [2.75, 3.05) is 0 Å². The lowest BCUT2D eigenvalue weighted by Crippen LogP contribution is -1.75. The topological polar surface area (TPSA) is 0 Å². The summed E-state index contributed by atoms with van der Waals surface area (Å²) >= 11 is 0. The molecule has 0 radical (unpaired) electrons. The van der Waals surface area contributed by atoms with Crippen LogP contribution in [0.25, 0.3) is 10.8 Å². The molecule has 2 aromatic carbocycles. The summed E-state index contributed by atoms with van der Waals surface area (Å²) < 4.78 is 0. The van der Waals surface area contributed by atoms with E-state index in [0.29, 0.717) is 0 Å². The summed E-state index contributed by atoms with van der Waals surface area (Å²) in [4.78, 5) is 0. The Bertz CT molecular complexity index is 374. The van der Waals surface area contributed by atoms with Gasteiger partial charge in [-0.1, -0.05) is 42.5 Å². The second-order valence-corrected chi connectivity index (χ2v) is 2.80. The maximum Gasteiger partial charge on any atom is -0.0155 e. The number of aryl methyl sites for hydroxylation is 1. The van der Waals surface area contributed by atoms with Gasteiger partial charge in [-0.25, -0.2) is 0 Å².